The molecule has 0 atom stereocenters. The van der Waals surface area contributed by atoms with Crippen molar-refractivity contribution in [2.75, 3.05) is 33.6 Å². The second-order valence-corrected chi connectivity index (χ2v) is 8.41. The number of hydrogen-bond acceptors (Lipinski definition) is 8. The van der Waals surface area contributed by atoms with Crippen LogP contribution < -0.4 is 24.3 Å². The Bertz CT molecular complexity index is 1210. The van der Waals surface area contributed by atoms with Gasteiger partial charge in [0.2, 0.25) is 12.7 Å². The summed E-state index contributed by atoms with van der Waals surface area (Å²) in [5.74, 6) is 1.69. The Morgan fingerprint density at radius 2 is 1.91 bits per heavy atom. The van der Waals surface area contributed by atoms with Crippen molar-refractivity contribution in [1.29, 1.82) is 0 Å². The standard InChI is InChI=1S/C25H24N2O7S/c1-3-32-18-7-4-16(12-20(18)31-2)6-9-23(28)26-10-11-27-24(29)22(35-25(27)30)14-17-5-8-19-21(13-17)34-15-33-19/h4-9,12-14H,3,10-11,15H2,1-2H3,(H,26,28)/b9-6+,22-14-. The van der Waals surface area contributed by atoms with Gasteiger partial charge in [-0.25, -0.2) is 0 Å². The maximum Gasteiger partial charge on any atom is 0.293 e. The van der Waals surface area contributed by atoms with Gasteiger partial charge >= 0.3 is 0 Å². The molecule has 35 heavy (non-hydrogen) atoms. The minimum absolute atomic E-state index is 0.0690. The van der Waals surface area contributed by atoms with Gasteiger partial charge in [0.05, 0.1) is 18.6 Å². The first-order valence-corrected chi connectivity index (χ1v) is 11.7. The van der Waals surface area contributed by atoms with E-state index < -0.39 is 5.91 Å². The number of thioether (sulfide) groups is 1. The highest BCUT2D eigenvalue weighted by Crippen LogP contribution is 2.36. The lowest BCUT2D eigenvalue weighted by Crippen LogP contribution is -2.36. The normalized spacial score (nSPS) is 15.8. The van der Waals surface area contributed by atoms with Crippen LogP contribution in [0.1, 0.15) is 18.1 Å². The van der Waals surface area contributed by atoms with Gasteiger partial charge in [-0.1, -0.05) is 12.1 Å². The number of carbonyl (C=O) groups is 3. The van der Waals surface area contributed by atoms with Crippen LogP contribution in [-0.4, -0.2) is 55.6 Å². The van der Waals surface area contributed by atoms with Gasteiger partial charge in [0.15, 0.2) is 23.0 Å². The van der Waals surface area contributed by atoms with Crippen LogP contribution >= 0.6 is 11.8 Å². The van der Waals surface area contributed by atoms with E-state index in [1.165, 1.54) is 6.08 Å². The number of nitrogens with zero attached hydrogens (tertiary/aromatic N) is 1. The smallest absolute Gasteiger partial charge is 0.293 e. The van der Waals surface area contributed by atoms with Crippen LogP contribution in [0, 0.1) is 0 Å². The molecule has 0 bridgehead atoms. The molecule has 0 unspecified atom stereocenters. The number of nitrogens with one attached hydrogen (secondary N) is 1. The molecule has 1 saturated heterocycles. The Morgan fingerprint density at radius 1 is 1.11 bits per heavy atom. The predicted octanol–water partition coefficient (Wildman–Crippen LogP) is 3.69. The molecule has 182 valence electrons. The maximum atomic E-state index is 12.7. The Kier molecular flexibility index (Phi) is 7.61. The van der Waals surface area contributed by atoms with E-state index in [0.717, 1.165) is 27.8 Å². The van der Waals surface area contributed by atoms with E-state index in [1.54, 1.807) is 49.6 Å². The van der Waals surface area contributed by atoms with E-state index in [9.17, 15) is 14.4 Å². The van der Waals surface area contributed by atoms with Crippen LogP contribution in [-0.2, 0) is 9.59 Å². The van der Waals surface area contributed by atoms with Crippen LogP contribution in [0.3, 0.4) is 0 Å². The number of hydrogen-bond donors (Lipinski definition) is 1. The monoisotopic (exact) mass is 496 g/mol. The van der Waals surface area contributed by atoms with Crippen LogP contribution in [0.4, 0.5) is 4.79 Å². The van der Waals surface area contributed by atoms with E-state index >= 15 is 0 Å². The maximum absolute atomic E-state index is 12.7. The van der Waals surface area contributed by atoms with Gasteiger partial charge in [0, 0.05) is 19.2 Å². The third-order valence-electron chi connectivity index (χ3n) is 5.12. The topological polar surface area (TPSA) is 103 Å². The Morgan fingerprint density at radius 3 is 2.71 bits per heavy atom. The highest BCUT2D eigenvalue weighted by atomic mass is 32.2. The largest absolute Gasteiger partial charge is 0.493 e. The van der Waals surface area contributed by atoms with Gasteiger partial charge in [-0.3, -0.25) is 19.3 Å². The molecule has 0 radical (unpaired) electrons. The molecule has 9 nitrogen and oxygen atoms in total. The van der Waals surface area contributed by atoms with E-state index in [2.05, 4.69) is 5.32 Å². The van der Waals surface area contributed by atoms with Gasteiger partial charge in [0.1, 0.15) is 0 Å². The number of fused-ring (bicyclic) bond motifs is 1. The van der Waals surface area contributed by atoms with Crippen molar-refractivity contribution in [2.45, 2.75) is 6.92 Å². The van der Waals surface area contributed by atoms with Gasteiger partial charge in [-0.05, 0) is 66.2 Å². The molecular weight excluding hydrogens is 472 g/mol. The first-order chi connectivity index (χ1) is 17.0. The van der Waals surface area contributed by atoms with E-state index in [1.807, 2.05) is 13.0 Å². The fraction of sp³-hybridized carbons (Fsp3) is 0.240. The van der Waals surface area contributed by atoms with Gasteiger partial charge in [-0.15, -0.1) is 0 Å². The highest BCUT2D eigenvalue weighted by molar-refractivity contribution is 8.18. The molecule has 2 aromatic rings. The van der Waals surface area contributed by atoms with Crippen molar-refractivity contribution in [1.82, 2.24) is 10.2 Å². The van der Waals surface area contributed by atoms with Crippen LogP contribution in [0.25, 0.3) is 12.2 Å². The number of rotatable bonds is 9. The third kappa shape index (κ3) is 5.78. The molecule has 0 saturated carbocycles. The minimum Gasteiger partial charge on any atom is -0.493 e. The van der Waals surface area contributed by atoms with E-state index in [-0.39, 0.29) is 31.0 Å². The van der Waals surface area contributed by atoms with E-state index in [4.69, 9.17) is 18.9 Å². The SMILES string of the molecule is CCOc1ccc(/C=C/C(=O)NCCN2C(=O)S/C(=C\c3ccc4c(c3)OCO4)C2=O)cc1OC. The first kappa shape index (κ1) is 24.2. The molecule has 1 N–H and O–H groups in total. The van der Waals surface area contributed by atoms with E-state index in [0.29, 0.717) is 34.5 Å². The molecule has 0 aromatic heterocycles. The zero-order valence-electron chi connectivity index (χ0n) is 19.2. The second-order valence-electron chi connectivity index (χ2n) is 7.41. The Hall–Kier alpha value is -3.92. The molecule has 2 heterocycles. The molecule has 3 amide bonds. The zero-order valence-corrected chi connectivity index (χ0v) is 20.1. The molecule has 0 aliphatic carbocycles. The number of carbonyl (C=O) groups excluding carboxylic acids is 3. The summed E-state index contributed by atoms with van der Waals surface area (Å²) in [6.45, 7) is 2.76. The summed E-state index contributed by atoms with van der Waals surface area (Å²) in [6, 6.07) is 10.6. The van der Waals surface area contributed by atoms with Gasteiger partial charge in [-0.2, -0.15) is 0 Å². The average Bonchev–Trinajstić information content (AvgIpc) is 3.43. The second kappa shape index (κ2) is 11.0. The molecule has 0 spiro atoms. The number of benzene rings is 2. The summed E-state index contributed by atoms with van der Waals surface area (Å²) in [7, 11) is 1.55. The minimum atomic E-state index is -0.399. The summed E-state index contributed by atoms with van der Waals surface area (Å²) in [5, 5.41) is 2.31. The van der Waals surface area contributed by atoms with Crippen LogP contribution in [0.15, 0.2) is 47.4 Å². The van der Waals surface area contributed by atoms with Crippen molar-refractivity contribution in [3.05, 3.63) is 58.5 Å². The number of ether oxygens (including phenoxy) is 4. The molecule has 2 aliphatic heterocycles. The summed E-state index contributed by atoms with van der Waals surface area (Å²) < 4.78 is 21.4. The molecule has 4 rings (SSSR count). The Balaban J connectivity index is 1.30. The Labute approximate surface area is 206 Å². The van der Waals surface area contributed by atoms with Crippen molar-refractivity contribution >= 4 is 41.0 Å². The summed E-state index contributed by atoms with van der Waals surface area (Å²) in [6.07, 6.45) is 4.66. The first-order valence-electron chi connectivity index (χ1n) is 10.9. The lowest BCUT2D eigenvalue weighted by atomic mass is 10.2. The number of amides is 3. The lowest BCUT2D eigenvalue weighted by Gasteiger charge is -2.12. The molecule has 1 fully saturated rings. The van der Waals surface area contributed by atoms with Crippen molar-refractivity contribution in [3.63, 3.8) is 0 Å². The molecule has 2 aliphatic rings. The van der Waals surface area contributed by atoms with Crippen molar-refractivity contribution in [3.8, 4) is 23.0 Å². The molecular formula is C25H24N2O7S. The lowest BCUT2D eigenvalue weighted by molar-refractivity contribution is -0.123. The zero-order chi connectivity index (χ0) is 24.8. The molecule has 2 aromatic carbocycles. The third-order valence-corrected chi connectivity index (χ3v) is 6.02. The average molecular weight is 497 g/mol. The fourth-order valence-electron chi connectivity index (χ4n) is 3.43. The molecule has 10 heteroatoms. The van der Waals surface area contributed by atoms with Gasteiger partial charge in [0.25, 0.3) is 11.1 Å². The van der Waals surface area contributed by atoms with Crippen molar-refractivity contribution in [2.24, 2.45) is 0 Å². The highest BCUT2D eigenvalue weighted by Gasteiger charge is 2.34. The van der Waals surface area contributed by atoms with Crippen LogP contribution in [0.2, 0.25) is 0 Å². The summed E-state index contributed by atoms with van der Waals surface area (Å²) >= 11 is 0.862. The fourth-order valence-corrected chi connectivity index (χ4v) is 4.30. The quantitative estimate of drug-likeness (QED) is 0.525. The van der Waals surface area contributed by atoms with Gasteiger partial charge < -0.3 is 24.3 Å². The summed E-state index contributed by atoms with van der Waals surface area (Å²) in [5.41, 5.74) is 1.49. The number of imide groups is 1. The number of methoxy groups -OCH3 is 1. The summed E-state index contributed by atoms with van der Waals surface area (Å²) in [4.78, 5) is 38.6. The predicted molar refractivity (Wildman–Crippen MR) is 131 cm³/mol. The van der Waals surface area contributed by atoms with Crippen LogP contribution in [0.5, 0.6) is 23.0 Å². The van der Waals surface area contributed by atoms with Crippen molar-refractivity contribution < 1.29 is 33.3 Å².